The summed E-state index contributed by atoms with van der Waals surface area (Å²) < 4.78 is 5.41. The average Bonchev–Trinajstić information content (AvgIpc) is 2.73. The van der Waals surface area contributed by atoms with Crippen LogP contribution >= 0.6 is 11.6 Å². The number of carboxylic acid groups (broad SMARTS) is 1. The van der Waals surface area contributed by atoms with Gasteiger partial charge in [-0.3, -0.25) is 4.79 Å². The minimum absolute atomic E-state index is 0.0693. The zero-order valence-corrected chi connectivity index (χ0v) is 11.3. The molecule has 1 atom stereocenters. The summed E-state index contributed by atoms with van der Waals surface area (Å²) in [6.45, 7) is 1.30. The van der Waals surface area contributed by atoms with E-state index in [0.717, 1.165) is 0 Å². The topological polar surface area (TPSA) is 99.8 Å². The molecule has 0 spiro atoms. The van der Waals surface area contributed by atoms with Gasteiger partial charge in [0.15, 0.2) is 11.9 Å². The van der Waals surface area contributed by atoms with E-state index in [1.54, 1.807) is 25.1 Å². The molecule has 2 rings (SSSR count). The Morgan fingerprint density at radius 3 is 2.80 bits per heavy atom. The fourth-order valence-electron chi connectivity index (χ4n) is 1.77. The quantitative estimate of drug-likeness (QED) is 0.795. The summed E-state index contributed by atoms with van der Waals surface area (Å²) >= 11 is 5.88. The first-order chi connectivity index (χ1) is 9.40. The molecular weight excluding hydrogens is 286 g/mol. The Morgan fingerprint density at radius 2 is 2.15 bits per heavy atom. The van der Waals surface area contributed by atoms with E-state index < -0.39 is 24.5 Å². The molecule has 6 nitrogen and oxygen atoms in total. The number of amides is 1. The van der Waals surface area contributed by atoms with Crippen LogP contribution in [0.2, 0.25) is 5.02 Å². The number of benzene rings is 1. The Balaban J connectivity index is 2.22. The van der Waals surface area contributed by atoms with Gasteiger partial charge in [0.1, 0.15) is 5.58 Å². The highest BCUT2D eigenvalue weighted by molar-refractivity contribution is 6.31. The van der Waals surface area contributed by atoms with E-state index in [-0.39, 0.29) is 5.76 Å². The molecule has 2 aromatic rings. The van der Waals surface area contributed by atoms with Gasteiger partial charge in [0, 0.05) is 16.0 Å². The molecule has 3 N–H and O–H groups in total. The van der Waals surface area contributed by atoms with Gasteiger partial charge in [-0.25, -0.2) is 4.79 Å². The molecule has 1 amide bonds. The van der Waals surface area contributed by atoms with Crippen LogP contribution in [-0.4, -0.2) is 34.7 Å². The number of rotatable bonds is 4. The van der Waals surface area contributed by atoms with Crippen molar-refractivity contribution in [2.75, 3.05) is 6.54 Å². The second kappa shape index (κ2) is 5.52. The summed E-state index contributed by atoms with van der Waals surface area (Å²) in [6, 6.07) is 4.97. The zero-order valence-electron chi connectivity index (χ0n) is 10.5. The zero-order chi connectivity index (χ0) is 14.9. The van der Waals surface area contributed by atoms with Crippen LogP contribution in [0.25, 0.3) is 11.0 Å². The minimum atomic E-state index is -1.65. The molecule has 0 aliphatic carbocycles. The molecule has 106 valence electrons. The second-order valence-corrected chi connectivity index (χ2v) is 4.70. The normalized spacial score (nSPS) is 12.3. The third kappa shape index (κ3) is 2.76. The Labute approximate surface area is 118 Å². The highest BCUT2D eigenvalue weighted by Gasteiger charge is 2.20. The van der Waals surface area contributed by atoms with E-state index in [4.69, 9.17) is 26.2 Å². The predicted molar refractivity (Wildman–Crippen MR) is 71.9 cm³/mol. The van der Waals surface area contributed by atoms with Crippen LogP contribution in [0.3, 0.4) is 0 Å². The van der Waals surface area contributed by atoms with Crippen molar-refractivity contribution >= 4 is 34.4 Å². The van der Waals surface area contributed by atoms with Crippen molar-refractivity contribution in [3.05, 3.63) is 34.5 Å². The van der Waals surface area contributed by atoms with E-state index in [1.165, 1.54) is 0 Å². The van der Waals surface area contributed by atoms with Crippen LogP contribution in [0.5, 0.6) is 0 Å². The first-order valence-electron chi connectivity index (χ1n) is 5.78. The maximum atomic E-state index is 11.9. The second-order valence-electron chi connectivity index (χ2n) is 4.26. The van der Waals surface area contributed by atoms with Gasteiger partial charge in [0.2, 0.25) is 0 Å². The van der Waals surface area contributed by atoms with Gasteiger partial charge >= 0.3 is 5.97 Å². The smallest absolute Gasteiger partial charge is 0.334 e. The number of aliphatic carboxylic acids is 1. The molecule has 0 radical (unpaired) electrons. The monoisotopic (exact) mass is 297 g/mol. The fraction of sp³-hybridized carbons (Fsp3) is 0.231. The average molecular weight is 298 g/mol. The highest BCUT2D eigenvalue weighted by Crippen LogP contribution is 2.27. The van der Waals surface area contributed by atoms with Crippen molar-refractivity contribution in [3.63, 3.8) is 0 Å². The number of aliphatic hydroxyl groups excluding tert-OH is 1. The molecule has 7 heteroatoms. The summed E-state index contributed by atoms with van der Waals surface area (Å²) in [7, 11) is 0. The van der Waals surface area contributed by atoms with Gasteiger partial charge in [-0.2, -0.15) is 0 Å². The fourth-order valence-corrected chi connectivity index (χ4v) is 1.94. The summed E-state index contributed by atoms with van der Waals surface area (Å²) in [5.74, 6) is -1.92. The lowest BCUT2D eigenvalue weighted by atomic mass is 10.1. The summed E-state index contributed by atoms with van der Waals surface area (Å²) in [5.41, 5.74) is 1.11. The number of nitrogens with one attached hydrogen (secondary N) is 1. The van der Waals surface area contributed by atoms with Gasteiger partial charge in [-0.05, 0) is 25.1 Å². The van der Waals surface area contributed by atoms with E-state index >= 15 is 0 Å². The maximum absolute atomic E-state index is 11.9. The summed E-state index contributed by atoms with van der Waals surface area (Å²) in [5, 5.41) is 21.2. The third-order valence-electron chi connectivity index (χ3n) is 2.85. The van der Waals surface area contributed by atoms with Crippen LogP contribution in [0, 0.1) is 6.92 Å². The summed E-state index contributed by atoms with van der Waals surface area (Å²) in [4.78, 5) is 22.4. The van der Waals surface area contributed by atoms with Gasteiger partial charge < -0.3 is 19.9 Å². The van der Waals surface area contributed by atoms with Crippen LogP contribution in [0.15, 0.2) is 22.6 Å². The standard InChI is InChI=1S/C13H12ClNO5/c1-6-8-4-7(14)2-3-10(8)20-11(6)12(17)15-5-9(16)13(18)19/h2-4,9,16H,5H2,1H3,(H,15,17)(H,18,19). The van der Waals surface area contributed by atoms with Crippen molar-refractivity contribution in [2.24, 2.45) is 0 Å². The number of carboxylic acids is 1. The van der Waals surface area contributed by atoms with E-state index in [9.17, 15) is 9.59 Å². The molecule has 1 unspecified atom stereocenters. The number of carbonyl (C=O) groups excluding carboxylic acids is 1. The molecule has 0 bridgehead atoms. The highest BCUT2D eigenvalue weighted by atomic mass is 35.5. The first-order valence-corrected chi connectivity index (χ1v) is 6.15. The van der Waals surface area contributed by atoms with Gasteiger partial charge in [0.25, 0.3) is 5.91 Å². The number of halogens is 1. The minimum Gasteiger partial charge on any atom is -0.479 e. The lowest BCUT2D eigenvalue weighted by molar-refractivity contribution is -0.146. The number of aryl methyl sites for hydroxylation is 1. The molecule has 1 heterocycles. The molecular formula is C13H12ClNO5. The van der Waals surface area contributed by atoms with E-state index in [2.05, 4.69) is 5.32 Å². The van der Waals surface area contributed by atoms with E-state index in [1.807, 2.05) is 0 Å². The first kappa shape index (κ1) is 14.4. The van der Waals surface area contributed by atoms with Crippen LogP contribution in [0.4, 0.5) is 0 Å². The van der Waals surface area contributed by atoms with Gasteiger partial charge in [-0.1, -0.05) is 11.6 Å². The maximum Gasteiger partial charge on any atom is 0.334 e. The SMILES string of the molecule is Cc1c(C(=O)NCC(O)C(=O)O)oc2ccc(Cl)cc12. The molecule has 0 fully saturated rings. The van der Waals surface area contributed by atoms with Gasteiger partial charge in [-0.15, -0.1) is 0 Å². The number of hydrogen-bond acceptors (Lipinski definition) is 4. The van der Waals surface area contributed by atoms with Crippen molar-refractivity contribution in [1.82, 2.24) is 5.32 Å². The van der Waals surface area contributed by atoms with Crippen LogP contribution in [0.1, 0.15) is 16.1 Å². The Bertz CT molecular complexity index is 679. The summed E-state index contributed by atoms with van der Waals surface area (Å²) in [6.07, 6.45) is -1.65. The Hall–Kier alpha value is -2.05. The van der Waals surface area contributed by atoms with Gasteiger partial charge in [0.05, 0.1) is 6.54 Å². The number of aliphatic hydroxyl groups is 1. The van der Waals surface area contributed by atoms with E-state index in [0.29, 0.717) is 21.6 Å². The molecule has 20 heavy (non-hydrogen) atoms. The molecule has 0 saturated heterocycles. The Morgan fingerprint density at radius 1 is 1.45 bits per heavy atom. The molecule has 0 aliphatic rings. The largest absolute Gasteiger partial charge is 0.479 e. The number of fused-ring (bicyclic) bond motifs is 1. The molecule has 0 saturated carbocycles. The van der Waals surface area contributed by atoms with Crippen molar-refractivity contribution < 1.29 is 24.2 Å². The third-order valence-corrected chi connectivity index (χ3v) is 3.08. The van der Waals surface area contributed by atoms with Crippen molar-refractivity contribution in [1.29, 1.82) is 0 Å². The predicted octanol–water partition coefficient (Wildman–Crippen LogP) is 1.57. The van der Waals surface area contributed by atoms with Crippen molar-refractivity contribution in [3.8, 4) is 0 Å². The number of furan rings is 1. The van der Waals surface area contributed by atoms with Crippen molar-refractivity contribution in [2.45, 2.75) is 13.0 Å². The molecule has 1 aromatic carbocycles. The lowest BCUT2D eigenvalue weighted by Crippen LogP contribution is -2.36. The lowest BCUT2D eigenvalue weighted by Gasteiger charge is -2.06. The number of hydrogen-bond donors (Lipinski definition) is 3. The van der Waals surface area contributed by atoms with Crippen LogP contribution in [-0.2, 0) is 4.79 Å². The Kier molecular flexibility index (Phi) is 3.96. The van der Waals surface area contributed by atoms with Crippen LogP contribution < -0.4 is 5.32 Å². The molecule has 1 aromatic heterocycles. The molecule has 0 aliphatic heterocycles. The number of carbonyl (C=O) groups is 2.